The Morgan fingerprint density at radius 1 is 1.29 bits per heavy atom. The molecule has 106 valence electrons. The lowest BCUT2D eigenvalue weighted by atomic mass is 9.98. The quantitative estimate of drug-likeness (QED) is 0.692. The first kappa shape index (κ1) is 13.1. The van der Waals surface area contributed by atoms with Crippen LogP contribution in [-0.2, 0) is 0 Å². The largest absolute Gasteiger partial charge is 0.497 e. The Hall–Kier alpha value is -2.89. The fourth-order valence-electron chi connectivity index (χ4n) is 2.32. The fraction of sp³-hybridized carbons (Fsp3) is 0.133. The third kappa shape index (κ3) is 2.43. The number of rotatable bonds is 3. The van der Waals surface area contributed by atoms with Gasteiger partial charge >= 0.3 is 0 Å². The maximum atomic E-state index is 11.3. The molecule has 2 aromatic rings. The van der Waals surface area contributed by atoms with Gasteiger partial charge in [-0.05, 0) is 29.8 Å². The summed E-state index contributed by atoms with van der Waals surface area (Å²) < 4.78 is 5.11. The van der Waals surface area contributed by atoms with Crippen molar-refractivity contribution in [2.75, 3.05) is 12.4 Å². The Labute approximate surface area is 121 Å². The van der Waals surface area contributed by atoms with Crippen LogP contribution in [0.3, 0.4) is 0 Å². The number of benzene rings is 1. The molecule has 0 fully saturated rings. The highest BCUT2D eigenvalue weighted by atomic mass is 16.6. The van der Waals surface area contributed by atoms with Gasteiger partial charge in [-0.25, -0.2) is 4.98 Å². The van der Waals surface area contributed by atoms with E-state index in [1.807, 2.05) is 12.1 Å². The summed E-state index contributed by atoms with van der Waals surface area (Å²) in [5, 5.41) is 14.4. The number of ether oxygens (including phenoxy) is 1. The number of nitrogens with zero attached hydrogens (tertiary/aromatic N) is 2. The third-order valence-corrected chi connectivity index (χ3v) is 3.38. The van der Waals surface area contributed by atoms with Gasteiger partial charge in [0.1, 0.15) is 17.6 Å². The number of hydrogen-bond donors (Lipinski definition) is 1. The highest BCUT2D eigenvalue weighted by molar-refractivity contribution is 5.69. The molecule has 1 aliphatic rings. The number of aromatic nitrogens is 1. The molecule has 1 atom stereocenters. The highest BCUT2D eigenvalue weighted by Crippen LogP contribution is 2.34. The van der Waals surface area contributed by atoms with Crippen LogP contribution in [0.1, 0.15) is 17.2 Å². The molecular weight excluding hydrogens is 270 g/mol. The van der Waals surface area contributed by atoms with Gasteiger partial charge < -0.3 is 10.1 Å². The number of nitro groups is 1. The molecule has 1 aromatic heterocycles. The van der Waals surface area contributed by atoms with Crippen molar-refractivity contribution < 1.29 is 9.66 Å². The van der Waals surface area contributed by atoms with Crippen molar-refractivity contribution in [3.8, 4) is 5.75 Å². The molecular formula is C15H13N3O3. The van der Waals surface area contributed by atoms with Crippen molar-refractivity contribution in [2.45, 2.75) is 6.04 Å². The number of pyridine rings is 1. The molecule has 0 radical (unpaired) electrons. The van der Waals surface area contributed by atoms with Gasteiger partial charge in [0.2, 0.25) is 0 Å². The third-order valence-electron chi connectivity index (χ3n) is 3.38. The van der Waals surface area contributed by atoms with Crippen molar-refractivity contribution in [1.29, 1.82) is 0 Å². The molecule has 0 bridgehead atoms. The molecule has 6 heteroatoms. The Bertz CT molecular complexity index is 710. The standard InChI is InChI=1S/C15H13N3O3/c1-21-12-6-4-10(5-7-12)14-13(18(19)20)9-11-3-2-8-16-15(11)17-14/h2-9,14H,1H3,(H,16,17). The van der Waals surface area contributed by atoms with Crippen LogP contribution < -0.4 is 10.1 Å². The van der Waals surface area contributed by atoms with Crippen LogP contribution in [0.4, 0.5) is 5.82 Å². The van der Waals surface area contributed by atoms with E-state index in [4.69, 9.17) is 4.74 Å². The average Bonchev–Trinajstić information content (AvgIpc) is 2.53. The minimum atomic E-state index is -0.534. The first-order chi connectivity index (χ1) is 10.2. The zero-order valence-corrected chi connectivity index (χ0v) is 11.3. The normalized spacial score (nSPS) is 16.4. The highest BCUT2D eigenvalue weighted by Gasteiger charge is 2.31. The van der Waals surface area contributed by atoms with Crippen LogP contribution in [0.2, 0.25) is 0 Å². The summed E-state index contributed by atoms with van der Waals surface area (Å²) in [6.07, 6.45) is 3.22. The van der Waals surface area contributed by atoms with Crippen molar-refractivity contribution >= 4 is 11.9 Å². The molecule has 0 saturated heterocycles. The Kier molecular flexibility index (Phi) is 3.27. The van der Waals surface area contributed by atoms with Gasteiger partial charge in [-0.15, -0.1) is 0 Å². The smallest absolute Gasteiger partial charge is 0.273 e. The van der Waals surface area contributed by atoms with E-state index in [1.165, 1.54) is 0 Å². The molecule has 1 aliphatic heterocycles. The van der Waals surface area contributed by atoms with Crippen LogP contribution in [0, 0.1) is 10.1 Å². The molecule has 2 heterocycles. The van der Waals surface area contributed by atoms with Gasteiger partial charge in [-0.3, -0.25) is 10.1 Å². The lowest BCUT2D eigenvalue weighted by Crippen LogP contribution is -2.22. The number of nitrogens with one attached hydrogen (secondary N) is 1. The summed E-state index contributed by atoms with van der Waals surface area (Å²) in [6, 6.07) is 10.2. The molecule has 0 aliphatic carbocycles. The average molecular weight is 283 g/mol. The number of methoxy groups -OCH3 is 1. The second-order valence-corrected chi connectivity index (χ2v) is 4.62. The predicted octanol–water partition coefficient (Wildman–Crippen LogP) is 2.87. The van der Waals surface area contributed by atoms with Crippen LogP contribution in [0.15, 0.2) is 48.3 Å². The molecule has 3 rings (SSSR count). The summed E-state index contributed by atoms with van der Waals surface area (Å²) in [7, 11) is 1.58. The van der Waals surface area contributed by atoms with E-state index in [9.17, 15) is 10.1 Å². The van der Waals surface area contributed by atoms with E-state index >= 15 is 0 Å². The molecule has 0 saturated carbocycles. The Balaban J connectivity index is 2.03. The molecule has 0 amide bonds. The summed E-state index contributed by atoms with van der Waals surface area (Å²) in [5.74, 6) is 1.35. The minimum Gasteiger partial charge on any atom is -0.497 e. The van der Waals surface area contributed by atoms with E-state index in [-0.39, 0.29) is 10.6 Å². The maximum Gasteiger partial charge on any atom is 0.273 e. The van der Waals surface area contributed by atoms with E-state index in [0.717, 1.165) is 5.56 Å². The fourth-order valence-corrected chi connectivity index (χ4v) is 2.32. The maximum absolute atomic E-state index is 11.3. The van der Waals surface area contributed by atoms with Crippen molar-refractivity contribution in [1.82, 2.24) is 4.98 Å². The topological polar surface area (TPSA) is 77.3 Å². The van der Waals surface area contributed by atoms with Gasteiger partial charge in [0.05, 0.1) is 12.0 Å². The van der Waals surface area contributed by atoms with Gasteiger partial charge in [0, 0.05) is 17.8 Å². The summed E-state index contributed by atoms with van der Waals surface area (Å²) in [4.78, 5) is 15.2. The van der Waals surface area contributed by atoms with Gasteiger partial charge in [0.15, 0.2) is 0 Å². The predicted molar refractivity (Wildman–Crippen MR) is 78.6 cm³/mol. The second-order valence-electron chi connectivity index (χ2n) is 4.62. The molecule has 0 spiro atoms. The summed E-state index contributed by atoms with van der Waals surface area (Å²) in [5.41, 5.74) is 1.60. The summed E-state index contributed by atoms with van der Waals surface area (Å²) in [6.45, 7) is 0. The first-order valence-corrected chi connectivity index (χ1v) is 6.40. The lowest BCUT2D eigenvalue weighted by molar-refractivity contribution is -0.427. The van der Waals surface area contributed by atoms with E-state index in [2.05, 4.69) is 10.3 Å². The van der Waals surface area contributed by atoms with Crippen LogP contribution >= 0.6 is 0 Å². The Morgan fingerprint density at radius 2 is 2.05 bits per heavy atom. The zero-order valence-electron chi connectivity index (χ0n) is 11.3. The molecule has 1 unspecified atom stereocenters. The minimum absolute atomic E-state index is 0.0978. The lowest BCUT2D eigenvalue weighted by Gasteiger charge is -2.22. The van der Waals surface area contributed by atoms with Gasteiger partial charge in [0.25, 0.3) is 5.70 Å². The van der Waals surface area contributed by atoms with Crippen molar-refractivity contribution in [3.63, 3.8) is 0 Å². The van der Waals surface area contributed by atoms with E-state index in [0.29, 0.717) is 17.1 Å². The van der Waals surface area contributed by atoms with E-state index < -0.39 is 6.04 Å². The molecule has 21 heavy (non-hydrogen) atoms. The number of fused-ring (bicyclic) bond motifs is 1. The van der Waals surface area contributed by atoms with Crippen LogP contribution in [0.5, 0.6) is 5.75 Å². The van der Waals surface area contributed by atoms with Crippen molar-refractivity contribution in [2.24, 2.45) is 0 Å². The van der Waals surface area contributed by atoms with Crippen LogP contribution in [0.25, 0.3) is 6.08 Å². The number of anilines is 1. The SMILES string of the molecule is COc1ccc(C2Nc3ncccc3C=C2[N+](=O)[O-])cc1. The first-order valence-electron chi connectivity index (χ1n) is 6.40. The zero-order chi connectivity index (χ0) is 14.8. The molecule has 1 N–H and O–H groups in total. The van der Waals surface area contributed by atoms with Crippen molar-refractivity contribution in [3.05, 3.63) is 69.5 Å². The molecule has 1 aromatic carbocycles. The Morgan fingerprint density at radius 3 is 2.71 bits per heavy atom. The second kappa shape index (κ2) is 5.24. The summed E-state index contributed by atoms with van der Waals surface area (Å²) >= 11 is 0. The molecule has 6 nitrogen and oxygen atoms in total. The van der Waals surface area contributed by atoms with Gasteiger partial charge in [-0.1, -0.05) is 12.1 Å². The van der Waals surface area contributed by atoms with E-state index in [1.54, 1.807) is 43.6 Å². The van der Waals surface area contributed by atoms with Gasteiger partial charge in [-0.2, -0.15) is 0 Å². The number of hydrogen-bond acceptors (Lipinski definition) is 5. The van der Waals surface area contributed by atoms with Crippen LogP contribution in [-0.4, -0.2) is 17.0 Å². The monoisotopic (exact) mass is 283 g/mol.